The van der Waals surface area contributed by atoms with Crippen LogP contribution < -0.4 is 5.73 Å². The first kappa shape index (κ1) is 12.9. The third kappa shape index (κ3) is 2.32. The van der Waals surface area contributed by atoms with Gasteiger partial charge in [-0.15, -0.1) is 0 Å². The van der Waals surface area contributed by atoms with Gasteiger partial charge in [0, 0.05) is 12.6 Å². The maximum atomic E-state index is 12.2. The Morgan fingerprint density at radius 1 is 1.22 bits per heavy atom. The van der Waals surface area contributed by atoms with Gasteiger partial charge in [0.15, 0.2) is 0 Å². The molecular weight excluding hydrogens is 236 g/mol. The molecule has 1 heterocycles. The first-order valence-electron chi connectivity index (χ1n) is 6.24. The summed E-state index contributed by atoms with van der Waals surface area (Å²) in [5, 5.41) is 8.83. The molecule has 4 atom stereocenters. The van der Waals surface area contributed by atoms with E-state index in [1.165, 1.54) is 0 Å². The molecule has 0 aromatic heterocycles. The Hall–Kier alpha value is -1.59. The van der Waals surface area contributed by atoms with Gasteiger partial charge in [-0.05, 0) is 26.2 Å². The van der Waals surface area contributed by atoms with Gasteiger partial charge < -0.3 is 15.7 Å². The van der Waals surface area contributed by atoms with Crippen LogP contribution in [-0.4, -0.2) is 40.4 Å². The molecule has 2 rings (SSSR count). The largest absolute Gasteiger partial charge is 0.481 e. The molecule has 2 amide bonds. The third-order valence-electron chi connectivity index (χ3n) is 3.99. The van der Waals surface area contributed by atoms with Crippen molar-refractivity contribution < 1.29 is 19.5 Å². The Labute approximate surface area is 105 Å². The molecule has 1 saturated carbocycles. The monoisotopic (exact) mass is 254 g/mol. The molecule has 18 heavy (non-hydrogen) atoms. The van der Waals surface area contributed by atoms with Gasteiger partial charge in [-0.2, -0.15) is 0 Å². The van der Waals surface area contributed by atoms with E-state index in [2.05, 4.69) is 0 Å². The number of hydrogen-bond donors (Lipinski definition) is 2. The van der Waals surface area contributed by atoms with Crippen LogP contribution in [0.25, 0.3) is 0 Å². The minimum atomic E-state index is -0.913. The zero-order chi connectivity index (χ0) is 13.4. The minimum absolute atomic E-state index is 0.0585. The summed E-state index contributed by atoms with van der Waals surface area (Å²) in [5.41, 5.74) is 5.27. The molecule has 0 aromatic rings. The minimum Gasteiger partial charge on any atom is -0.481 e. The second-order valence-electron chi connectivity index (χ2n) is 5.30. The SMILES string of the molecule is CC1CCC(C(N)=O)CN1C(=O)[C@@H]1C[C@@H]1C(=O)O. The molecule has 0 spiro atoms. The van der Waals surface area contributed by atoms with Crippen LogP contribution >= 0.6 is 0 Å². The van der Waals surface area contributed by atoms with Crippen molar-refractivity contribution in [3.8, 4) is 0 Å². The molecule has 2 unspecified atom stereocenters. The second kappa shape index (κ2) is 4.59. The molecule has 0 radical (unpaired) electrons. The molecule has 6 nitrogen and oxygen atoms in total. The summed E-state index contributed by atoms with van der Waals surface area (Å²) in [6.07, 6.45) is 1.86. The van der Waals surface area contributed by atoms with Crippen molar-refractivity contribution in [2.45, 2.75) is 32.2 Å². The van der Waals surface area contributed by atoms with Gasteiger partial charge in [0.25, 0.3) is 0 Å². The first-order chi connectivity index (χ1) is 8.41. The fourth-order valence-corrected chi connectivity index (χ4v) is 2.60. The van der Waals surface area contributed by atoms with Gasteiger partial charge in [0.2, 0.25) is 11.8 Å². The van der Waals surface area contributed by atoms with Crippen molar-refractivity contribution in [3.05, 3.63) is 0 Å². The van der Waals surface area contributed by atoms with Gasteiger partial charge in [0.05, 0.1) is 17.8 Å². The second-order valence-corrected chi connectivity index (χ2v) is 5.30. The van der Waals surface area contributed by atoms with Gasteiger partial charge in [0.1, 0.15) is 0 Å². The average molecular weight is 254 g/mol. The highest BCUT2D eigenvalue weighted by Crippen LogP contribution is 2.41. The number of nitrogens with zero attached hydrogens (tertiary/aromatic N) is 1. The maximum absolute atomic E-state index is 12.2. The number of aliphatic carboxylic acids is 1. The Morgan fingerprint density at radius 2 is 1.89 bits per heavy atom. The first-order valence-corrected chi connectivity index (χ1v) is 6.24. The number of rotatable bonds is 3. The lowest BCUT2D eigenvalue weighted by molar-refractivity contribution is -0.144. The highest BCUT2D eigenvalue weighted by Gasteiger charge is 2.51. The summed E-state index contributed by atoms with van der Waals surface area (Å²) >= 11 is 0. The predicted octanol–water partition coefficient (Wildman–Crippen LogP) is -0.180. The number of amides is 2. The summed E-state index contributed by atoms with van der Waals surface area (Å²) in [5.74, 6) is -2.68. The van der Waals surface area contributed by atoms with E-state index in [-0.39, 0.29) is 23.8 Å². The van der Waals surface area contributed by atoms with Crippen LogP contribution in [0.3, 0.4) is 0 Å². The maximum Gasteiger partial charge on any atom is 0.307 e. The Balaban J connectivity index is 2.00. The van der Waals surface area contributed by atoms with E-state index in [1.54, 1.807) is 4.90 Å². The predicted molar refractivity (Wildman–Crippen MR) is 62.3 cm³/mol. The smallest absolute Gasteiger partial charge is 0.307 e. The molecule has 1 saturated heterocycles. The Kier molecular flexibility index (Phi) is 3.28. The lowest BCUT2D eigenvalue weighted by atomic mass is 9.92. The molecule has 0 aromatic carbocycles. The number of carboxylic acid groups (broad SMARTS) is 1. The lowest BCUT2D eigenvalue weighted by Gasteiger charge is -2.37. The van der Waals surface area contributed by atoms with Gasteiger partial charge in [-0.1, -0.05) is 0 Å². The molecular formula is C12H18N2O4. The lowest BCUT2D eigenvalue weighted by Crippen LogP contribution is -2.49. The number of likely N-dealkylation sites (tertiary alicyclic amines) is 1. The quantitative estimate of drug-likeness (QED) is 0.729. The molecule has 3 N–H and O–H groups in total. The highest BCUT2D eigenvalue weighted by atomic mass is 16.4. The van der Waals surface area contributed by atoms with E-state index in [4.69, 9.17) is 10.8 Å². The highest BCUT2D eigenvalue weighted by molar-refractivity contribution is 5.90. The standard InChI is InChI=1S/C12H18N2O4/c1-6-2-3-7(10(13)15)5-14(6)11(16)8-4-9(8)12(17)18/h6-9H,2-5H2,1H3,(H2,13,15)(H,17,18)/t6?,7?,8-,9+/m1/s1. The fraction of sp³-hybridized carbons (Fsp3) is 0.750. The van der Waals surface area contributed by atoms with Crippen LogP contribution in [0.2, 0.25) is 0 Å². The van der Waals surface area contributed by atoms with E-state index in [0.717, 1.165) is 6.42 Å². The van der Waals surface area contributed by atoms with Gasteiger partial charge in [-0.25, -0.2) is 0 Å². The number of piperidine rings is 1. The molecule has 1 aliphatic carbocycles. The van der Waals surface area contributed by atoms with Crippen LogP contribution in [0.1, 0.15) is 26.2 Å². The zero-order valence-electron chi connectivity index (χ0n) is 10.3. The molecule has 1 aliphatic heterocycles. The van der Waals surface area contributed by atoms with Crippen LogP contribution in [-0.2, 0) is 14.4 Å². The number of carboxylic acids is 1. The summed E-state index contributed by atoms with van der Waals surface area (Å²) in [7, 11) is 0. The molecule has 2 aliphatic rings. The zero-order valence-corrected chi connectivity index (χ0v) is 10.3. The normalized spacial score (nSPS) is 35.1. The number of primary amides is 1. The van der Waals surface area contributed by atoms with Crippen molar-refractivity contribution in [2.24, 2.45) is 23.5 Å². The van der Waals surface area contributed by atoms with Gasteiger partial charge in [-0.3, -0.25) is 14.4 Å². The van der Waals surface area contributed by atoms with E-state index >= 15 is 0 Å². The number of hydrogen-bond acceptors (Lipinski definition) is 3. The number of nitrogens with two attached hydrogens (primary N) is 1. The molecule has 6 heteroatoms. The van der Waals surface area contributed by atoms with Crippen molar-refractivity contribution in [1.29, 1.82) is 0 Å². The molecule has 0 bridgehead atoms. The van der Waals surface area contributed by atoms with Crippen LogP contribution in [0, 0.1) is 17.8 Å². The van der Waals surface area contributed by atoms with Gasteiger partial charge >= 0.3 is 5.97 Å². The van der Waals surface area contributed by atoms with E-state index in [0.29, 0.717) is 19.4 Å². The summed E-state index contributed by atoms with van der Waals surface area (Å²) in [4.78, 5) is 35.7. The fourth-order valence-electron chi connectivity index (χ4n) is 2.60. The number of carbonyl (C=O) groups excluding carboxylic acids is 2. The van der Waals surface area contributed by atoms with Crippen LogP contribution in [0.4, 0.5) is 0 Å². The summed E-state index contributed by atoms with van der Waals surface area (Å²) in [6, 6.07) is 0.0585. The van der Waals surface area contributed by atoms with Crippen molar-refractivity contribution in [1.82, 2.24) is 4.90 Å². The summed E-state index contributed by atoms with van der Waals surface area (Å²) < 4.78 is 0. The Morgan fingerprint density at radius 3 is 2.39 bits per heavy atom. The van der Waals surface area contributed by atoms with Crippen molar-refractivity contribution >= 4 is 17.8 Å². The van der Waals surface area contributed by atoms with Crippen molar-refractivity contribution in [2.75, 3.05) is 6.54 Å². The third-order valence-corrected chi connectivity index (χ3v) is 3.99. The van der Waals surface area contributed by atoms with Crippen LogP contribution in [0.15, 0.2) is 0 Å². The topological polar surface area (TPSA) is 101 Å². The average Bonchev–Trinajstić information content (AvgIpc) is 3.08. The van der Waals surface area contributed by atoms with E-state index < -0.39 is 17.8 Å². The summed E-state index contributed by atoms with van der Waals surface area (Å²) in [6.45, 7) is 2.26. The Bertz CT molecular complexity index is 396. The van der Waals surface area contributed by atoms with Crippen LogP contribution in [0.5, 0.6) is 0 Å². The van der Waals surface area contributed by atoms with E-state index in [1.807, 2.05) is 6.92 Å². The molecule has 2 fully saturated rings. The van der Waals surface area contributed by atoms with E-state index in [9.17, 15) is 14.4 Å². The molecule has 100 valence electrons. The van der Waals surface area contributed by atoms with Crippen molar-refractivity contribution in [3.63, 3.8) is 0 Å². The number of carbonyl (C=O) groups is 3.